The highest BCUT2D eigenvalue weighted by Crippen LogP contribution is 2.25. The number of halogens is 3. The largest absolute Gasteiger partial charge is 0.444 e. The second-order valence-corrected chi connectivity index (χ2v) is 7.38. The van der Waals surface area contributed by atoms with Crippen LogP contribution in [0.15, 0.2) is 18.3 Å². The molecule has 0 spiro atoms. The Morgan fingerprint density at radius 2 is 2.03 bits per heavy atom. The van der Waals surface area contributed by atoms with Crippen LogP contribution in [-0.4, -0.2) is 58.8 Å². The van der Waals surface area contributed by atoms with Crippen LogP contribution in [-0.2, 0) is 16.1 Å². The Kier molecular flexibility index (Phi) is 6.55. The molecule has 1 saturated heterocycles. The van der Waals surface area contributed by atoms with E-state index in [0.717, 1.165) is 4.90 Å². The maximum Gasteiger partial charge on any atom is 0.410 e. The first-order chi connectivity index (χ1) is 13.3. The molecule has 1 aliphatic heterocycles. The van der Waals surface area contributed by atoms with E-state index in [1.165, 1.54) is 18.3 Å². The van der Waals surface area contributed by atoms with Gasteiger partial charge >= 0.3 is 18.3 Å². The number of carbonyl (C=O) groups excluding carboxylic acids is 3. The lowest BCUT2D eigenvalue weighted by Gasteiger charge is -2.19. The first kappa shape index (κ1) is 22.2. The van der Waals surface area contributed by atoms with Crippen LogP contribution < -0.4 is 16.0 Å². The van der Waals surface area contributed by atoms with Crippen molar-refractivity contribution in [1.29, 1.82) is 0 Å². The highest BCUT2D eigenvalue weighted by Gasteiger charge is 2.46. The average molecular weight is 417 g/mol. The van der Waals surface area contributed by atoms with Gasteiger partial charge in [0.25, 0.3) is 0 Å². The predicted octanol–water partition coefficient (Wildman–Crippen LogP) is 2.00. The van der Waals surface area contributed by atoms with Gasteiger partial charge < -0.3 is 25.6 Å². The summed E-state index contributed by atoms with van der Waals surface area (Å²) in [6.07, 6.45) is -3.93. The van der Waals surface area contributed by atoms with Crippen molar-refractivity contribution in [3.8, 4) is 0 Å². The number of amides is 4. The van der Waals surface area contributed by atoms with Gasteiger partial charge in [-0.25, -0.2) is 14.6 Å². The minimum Gasteiger partial charge on any atom is -0.444 e. The maximum absolute atomic E-state index is 12.7. The Morgan fingerprint density at radius 1 is 1.34 bits per heavy atom. The lowest BCUT2D eigenvalue weighted by molar-refractivity contribution is -0.149. The van der Waals surface area contributed by atoms with Crippen molar-refractivity contribution in [2.45, 2.75) is 45.1 Å². The van der Waals surface area contributed by atoms with Crippen LogP contribution in [0.2, 0.25) is 0 Å². The van der Waals surface area contributed by atoms with Crippen LogP contribution in [0, 0.1) is 0 Å². The standard InChI is InChI=1S/C17H22F3N5O4/c1-16(2,3)29-15(28)22-7-13(26)24-12-6-10(4-5-21-12)8-25-9-11(17(18,19)20)23-14(25)27/h4-6,11H,7-9H2,1-3H3,(H,22,28)(H,23,27)(H,21,24,26)/t11-/m0/s1. The second kappa shape index (κ2) is 8.53. The van der Waals surface area contributed by atoms with Crippen molar-refractivity contribution in [3.05, 3.63) is 23.9 Å². The van der Waals surface area contributed by atoms with E-state index in [-0.39, 0.29) is 18.9 Å². The van der Waals surface area contributed by atoms with E-state index in [0.29, 0.717) is 5.56 Å². The number of hydrogen-bond acceptors (Lipinski definition) is 5. The number of aromatic nitrogens is 1. The van der Waals surface area contributed by atoms with Gasteiger partial charge in [-0.2, -0.15) is 13.2 Å². The number of alkyl halides is 3. The molecule has 12 heteroatoms. The monoisotopic (exact) mass is 417 g/mol. The molecule has 1 atom stereocenters. The highest BCUT2D eigenvalue weighted by molar-refractivity contribution is 5.93. The van der Waals surface area contributed by atoms with Crippen LogP contribution in [0.3, 0.4) is 0 Å². The molecule has 2 rings (SSSR count). The quantitative estimate of drug-likeness (QED) is 0.678. The normalized spacial score (nSPS) is 17.0. The van der Waals surface area contributed by atoms with Gasteiger partial charge in [-0.15, -0.1) is 0 Å². The van der Waals surface area contributed by atoms with Gasteiger partial charge in [-0.1, -0.05) is 0 Å². The summed E-state index contributed by atoms with van der Waals surface area (Å²) >= 11 is 0. The summed E-state index contributed by atoms with van der Waals surface area (Å²) < 4.78 is 43.2. The minimum atomic E-state index is -4.52. The summed E-state index contributed by atoms with van der Waals surface area (Å²) in [5.74, 6) is -0.443. The van der Waals surface area contributed by atoms with Crippen molar-refractivity contribution >= 4 is 23.8 Å². The van der Waals surface area contributed by atoms with Crippen LogP contribution in [0.4, 0.5) is 28.6 Å². The van der Waals surface area contributed by atoms with E-state index in [9.17, 15) is 27.6 Å². The Hall–Kier alpha value is -3.05. The number of pyridine rings is 1. The molecule has 0 unspecified atom stereocenters. The molecular weight excluding hydrogens is 395 g/mol. The van der Waals surface area contributed by atoms with Gasteiger partial charge in [0.1, 0.15) is 24.0 Å². The number of anilines is 1. The molecule has 1 aromatic rings. The van der Waals surface area contributed by atoms with Crippen LogP contribution in [0.1, 0.15) is 26.3 Å². The van der Waals surface area contributed by atoms with E-state index in [2.05, 4.69) is 15.6 Å². The number of ether oxygens (including phenoxy) is 1. The Morgan fingerprint density at radius 3 is 2.62 bits per heavy atom. The smallest absolute Gasteiger partial charge is 0.410 e. The van der Waals surface area contributed by atoms with Crippen molar-refractivity contribution in [2.24, 2.45) is 0 Å². The van der Waals surface area contributed by atoms with Gasteiger partial charge in [0, 0.05) is 12.7 Å². The van der Waals surface area contributed by atoms with Crippen molar-refractivity contribution < 1.29 is 32.3 Å². The summed E-state index contributed by atoms with van der Waals surface area (Å²) in [7, 11) is 0. The molecule has 0 aliphatic carbocycles. The summed E-state index contributed by atoms with van der Waals surface area (Å²) in [6, 6.07) is 0.203. The molecule has 3 N–H and O–H groups in total. The van der Waals surface area contributed by atoms with Crippen LogP contribution in [0.25, 0.3) is 0 Å². The van der Waals surface area contributed by atoms with Crippen molar-refractivity contribution in [2.75, 3.05) is 18.4 Å². The first-order valence-electron chi connectivity index (χ1n) is 8.67. The van der Waals surface area contributed by atoms with Crippen molar-refractivity contribution in [3.63, 3.8) is 0 Å². The summed E-state index contributed by atoms with van der Waals surface area (Å²) in [6.45, 7) is 4.09. The fraction of sp³-hybridized carbons (Fsp3) is 0.529. The van der Waals surface area contributed by atoms with Gasteiger partial charge in [0.15, 0.2) is 0 Å². The molecule has 0 bridgehead atoms. The number of hydrogen-bond donors (Lipinski definition) is 3. The third-order valence-corrected chi connectivity index (χ3v) is 3.64. The number of nitrogens with zero attached hydrogens (tertiary/aromatic N) is 2. The summed E-state index contributed by atoms with van der Waals surface area (Å²) in [5.41, 5.74) is -0.225. The van der Waals surface area contributed by atoms with E-state index in [4.69, 9.17) is 4.74 Å². The molecule has 1 aliphatic rings. The van der Waals surface area contributed by atoms with Gasteiger partial charge in [-0.3, -0.25) is 4.79 Å². The van der Waals surface area contributed by atoms with E-state index >= 15 is 0 Å². The van der Waals surface area contributed by atoms with E-state index in [1.807, 2.05) is 5.32 Å². The molecule has 1 aromatic heterocycles. The minimum absolute atomic E-state index is 0.0834. The molecule has 29 heavy (non-hydrogen) atoms. The Balaban J connectivity index is 1.89. The topological polar surface area (TPSA) is 113 Å². The SMILES string of the molecule is CC(C)(C)OC(=O)NCC(=O)Nc1cc(CN2C[C@@H](C(F)(F)F)NC2=O)ccn1. The van der Waals surface area contributed by atoms with Crippen LogP contribution >= 0.6 is 0 Å². The second-order valence-electron chi connectivity index (χ2n) is 7.38. The molecule has 0 saturated carbocycles. The van der Waals surface area contributed by atoms with Crippen LogP contribution in [0.5, 0.6) is 0 Å². The third-order valence-electron chi connectivity index (χ3n) is 3.64. The summed E-state index contributed by atoms with van der Waals surface area (Å²) in [5, 5.41) is 6.62. The fourth-order valence-corrected chi connectivity index (χ4v) is 2.43. The van der Waals surface area contributed by atoms with E-state index in [1.54, 1.807) is 20.8 Å². The number of alkyl carbamates (subject to hydrolysis) is 1. The number of nitrogens with one attached hydrogen (secondary N) is 3. The predicted molar refractivity (Wildman–Crippen MR) is 95.9 cm³/mol. The number of carbonyl (C=O) groups is 3. The maximum atomic E-state index is 12.7. The van der Waals surface area contributed by atoms with Gasteiger partial charge in [0.2, 0.25) is 5.91 Å². The molecule has 2 heterocycles. The first-order valence-corrected chi connectivity index (χ1v) is 8.67. The molecule has 4 amide bonds. The molecular formula is C17H22F3N5O4. The van der Waals surface area contributed by atoms with Gasteiger partial charge in [0.05, 0.1) is 6.54 Å². The molecule has 1 fully saturated rings. The number of rotatable bonds is 5. The zero-order valence-corrected chi connectivity index (χ0v) is 16.1. The zero-order valence-electron chi connectivity index (χ0n) is 16.1. The Bertz CT molecular complexity index is 779. The lowest BCUT2D eigenvalue weighted by atomic mass is 10.2. The van der Waals surface area contributed by atoms with E-state index < -0.39 is 42.4 Å². The summed E-state index contributed by atoms with van der Waals surface area (Å²) in [4.78, 5) is 40.1. The molecule has 160 valence electrons. The Labute approximate surface area is 165 Å². The average Bonchev–Trinajstić information content (AvgIpc) is 2.93. The molecule has 0 radical (unpaired) electrons. The lowest BCUT2D eigenvalue weighted by Crippen LogP contribution is -2.40. The highest BCUT2D eigenvalue weighted by atomic mass is 19.4. The number of urea groups is 1. The zero-order chi connectivity index (χ0) is 21.8. The van der Waals surface area contributed by atoms with Crippen molar-refractivity contribution in [1.82, 2.24) is 20.5 Å². The molecule has 0 aromatic carbocycles. The fourth-order valence-electron chi connectivity index (χ4n) is 2.43. The third kappa shape index (κ3) is 7.12. The molecule has 9 nitrogen and oxygen atoms in total. The van der Waals surface area contributed by atoms with Gasteiger partial charge in [-0.05, 0) is 38.5 Å².